The van der Waals surface area contributed by atoms with Gasteiger partial charge in [-0.3, -0.25) is 0 Å². The number of fused-ring (bicyclic) bond motifs is 1. The molecule has 2 aromatic carbocycles. The van der Waals surface area contributed by atoms with Gasteiger partial charge in [-0.2, -0.15) is 0 Å². The highest BCUT2D eigenvalue weighted by molar-refractivity contribution is 7.90. The molecule has 22 heavy (non-hydrogen) atoms. The number of aromatic nitrogens is 2. The molecule has 1 atom stereocenters. The fraction of sp³-hybridized carbons (Fsp3) is 0.188. The van der Waals surface area contributed by atoms with Gasteiger partial charge in [-0.15, -0.1) is 0 Å². The highest BCUT2D eigenvalue weighted by Crippen LogP contribution is 2.26. The molecule has 0 saturated heterocycles. The zero-order valence-electron chi connectivity index (χ0n) is 12.3. The zero-order chi connectivity index (χ0) is 15.9. The molecule has 0 aliphatic rings. The Morgan fingerprint density at radius 3 is 2.36 bits per heavy atom. The first kappa shape index (κ1) is 14.7. The van der Waals surface area contributed by atoms with Gasteiger partial charge >= 0.3 is 0 Å². The number of benzene rings is 2. The topological polar surface area (TPSA) is 72.2 Å². The van der Waals surface area contributed by atoms with Crippen LogP contribution in [0.4, 0.5) is 0 Å². The van der Waals surface area contributed by atoms with Crippen molar-refractivity contribution >= 4 is 21.1 Å². The highest BCUT2D eigenvalue weighted by atomic mass is 32.2. The minimum Gasteiger partial charge on any atom is -0.385 e. The molecule has 3 rings (SSSR count). The Balaban J connectivity index is 2.32. The van der Waals surface area contributed by atoms with Crippen LogP contribution >= 0.6 is 0 Å². The van der Waals surface area contributed by atoms with Gasteiger partial charge in [0, 0.05) is 0 Å². The van der Waals surface area contributed by atoms with E-state index in [9.17, 15) is 13.5 Å². The van der Waals surface area contributed by atoms with Gasteiger partial charge in [-0.25, -0.2) is 17.4 Å². The summed E-state index contributed by atoms with van der Waals surface area (Å²) >= 11 is 0. The second kappa shape index (κ2) is 5.23. The fourth-order valence-corrected chi connectivity index (χ4v) is 3.90. The van der Waals surface area contributed by atoms with Crippen LogP contribution in [-0.4, -0.2) is 22.5 Å². The van der Waals surface area contributed by atoms with E-state index in [1.807, 2.05) is 6.92 Å². The van der Waals surface area contributed by atoms with Crippen molar-refractivity contribution in [3.05, 3.63) is 59.9 Å². The molecular formula is C16H16N2O3S. The molecule has 0 radical (unpaired) electrons. The van der Waals surface area contributed by atoms with E-state index in [2.05, 4.69) is 4.98 Å². The fourth-order valence-electron chi connectivity index (χ4n) is 2.35. The van der Waals surface area contributed by atoms with Gasteiger partial charge in [-0.05, 0) is 38.1 Å². The average Bonchev–Trinajstić information content (AvgIpc) is 2.88. The number of rotatable bonds is 3. The molecule has 0 aliphatic carbocycles. The number of aliphatic hydroxyl groups is 1. The van der Waals surface area contributed by atoms with Gasteiger partial charge in [0.05, 0.1) is 15.9 Å². The van der Waals surface area contributed by atoms with Crippen molar-refractivity contribution in [2.75, 3.05) is 0 Å². The minimum atomic E-state index is -3.82. The number of aliphatic hydroxyl groups excluding tert-OH is 1. The molecule has 1 aromatic heterocycles. The monoisotopic (exact) mass is 316 g/mol. The quantitative estimate of drug-likeness (QED) is 0.806. The smallest absolute Gasteiger partial charge is 0.269 e. The van der Waals surface area contributed by atoms with Crippen LogP contribution < -0.4 is 0 Å². The molecule has 0 unspecified atom stereocenters. The molecule has 0 amide bonds. The van der Waals surface area contributed by atoms with Gasteiger partial charge in [0.1, 0.15) is 6.10 Å². The van der Waals surface area contributed by atoms with Crippen LogP contribution in [0.1, 0.15) is 24.4 Å². The average molecular weight is 316 g/mol. The van der Waals surface area contributed by atoms with E-state index >= 15 is 0 Å². The molecule has 0 bridgehead atoms. The van der Waals surface area contributed by atoms with E-state index in [1.165, 1.54) is 6.92 Å². The van der Waals surface area contributed by atoms with Crippen molar-refractivity contribution < 1.29 is 13.5 Å². The second-order valence-corrected chi connectivity index (χ2v) is 7.00. The summed E-state index contributed by atoms with van der Waals surface area (Å²) in [4.78, 5) is 4.42. The first-order valence-electron chi connectivity index (χ1n) is 6.89. The number of aryl methyl sites for hydroxylation is 1. The SMILES string of the molecule is Cc1ccc(S(=O)(=O)n2c([C@H](C)O)nc3ccccc32)cc1. The van der Waals surface area contributed by atoms with Gasteiger partial charge in [0.25, 0.3) is 10.0 Å². The van der Waals surface area contributed by atoms with Crippen LogP contribution in [-0.2, 0) is 10.0 Å². The summed E-state index contributed by atoms with van der Waals surface area (Å²) < 4.78 is 27.0. The molecule has 114 valence electrons. The van der Waals surface area contributed by atoms with Gasteiger partial charge < -0.3 is 5.11 Å². The summed E-state index contributed by atoms with van der Waals surface area (Å²) in [6.45, 7) is 3.40. The van der Waals surface area contributed by atoms with E-state index in [1.54, 1.807) is 48.5 Å². The molecule has 0 spiro atoms. The van der Waals surface area contributed by atoms with Crippen molar-refractivity contribution in [1.82, 2.24) is 8.96 Å². The van der Waals surface area contributed by atoms with Crippen LogP contribution in [0.3, 0.4) is 0 Å². The number of hydrogen-bond acceptors (Lipinski definition) is 4. The Morgan fingerprint density at radius 1 is 1.09 bits per heavy atom. The Bertz CT molecular complexity index is 926. The third-order valence-corrected chi connectivity index (χ3v) is 5.21. The Kier molecular flexibility index (Phi) is 3.50. The lowest BCUT2D eigenvalue weighted by atomic mass is 10.2. The van der Waals surface area contributed by atoms with E-state index in [0.717, 1.165) is 9.54 Å². The third-order valence-electron chi connectivity index (χ3n) is 3.48. The maximum absolute atomic E-state index is 13.0. The first-order chi connectivity index (χ1) is 10.4. The maximum atomic E-state index is 13.0. The van der Waals surface area contributed by atoms with Crippen molar-refractivity contribution in [3.8, 4) is 0 Å². The van der Waals surface area contributed by atoms with Crippen LogP contribution in [0.5, 0.6) is 0 Å². The summed E-state index contributed by atoms with van der Waals surface area (Å²) in [5.74, 6) is 0.113. The number of para-hydroxylation sites is 2. The van der Waals surface area contributed by atoms with Crippen molar-refractivity contribution in [1.29, 1.82) is 0 Å². The summed E-state index contributed by atoms with van der Waals surface area (Å²) in [6.07, 6.45) is -0.993. The van der Waals surface area contributed by atoms with Gasteiger partial charge in [0.15, 0.2) is 5.82 Å². The minimum absolute atomic E-state index is 0.113. The molecule has 5 nitrogen and oxygen atoms in total. The predicted molar refractivity (Wildman–Crippen MR) is 84.1 cm³/mol. The first-order valence-corrected chi connectivity index (χ1v) is 8.33. The lowest BCUT2D eigenvalue weighted by Crippen LogP contribution is -2.17. The number of imidazole rings is 1. The Labute approximate surface area is 128 Å². The van der Waals surface area contributed by atoms with E-state index < -0.39 is 16.1 Å². The second-order valence-electron chi connectivity index (χ2n) is 5.22. The van der Waals surface area contributed by atoms with Crippen LogP contribution in [0.2, 0.25) is 0 Å². The maximum Gasteiger partial charge on any atom is 0.269 e. The molecule has 6 heteroatoms. The summed E-state index contributed by atoms with van der Waals surface area (Å²) in [7, 11) is -3.82. The van der Waals surface area contributed by atoms with E-state index in [4.69, 9.17) is 0 Å². The van der Waals surface area contributed by atoms with Gasteiger partial charge in [0.2, 0.25) is 0 Å². The summed E-state index contributed by atoms with van der Waals surface area (Å²) in [6, 6.07) is 13.5. The predicted octanol–water partition coefficient (Wildman–Crippen LogP) is 2.64. The van der Waals surface area contributed by atoms with Crippen molar-refractivity contribution in [2.45, 2.75) is 24.8 Å². The largest absolute Gasteiger partial charge is 0.385 e. The van der Waals surface area contributed by atoms with Gasteiger partial charge in [-0.1, -0.05) is 29.8 Å². The Morgan fingerprint density at radius 2 is 1.73 bits per heavy atom. The highest BCUT2D eigenvalue weighted by Gasteiger charge is 2.25. The molecule has 3 aromatic rings. The molecule has 1 heterocycles. The standard InChI is InChI=1S/C16H16N2O3S/c1-11-7-9-13(10-8-11)22(20,21)18-15-6-4-3-5-14(15)17-16(18)12(2)19/h3-10,12,19H,1-2H3/t12-/m0/s1. The van der Waals surface area contributed by atoms with Crippen LogP contribution in [0.25, 0.3) is 11.0 Å². The van der Waals surface area contributed by atoms with Crippen molar-refractivity contribution in [2.24, 2.45) is 0 Å². The summed E-state index contributed by atoms with van der Waals surface area (Å²) in [5.41, 5.74) is 1.97. The lowest BCUT2D eigenvalue weighted by molar-refractivity contribution is 0.188. The molecule has 0 fully saturated rings. The summed E-state index contributed by atoms with van der Waals surface area (Å²) in [5, 5.41) is 9.91. The lowest BCUT2D eigenvalue weighted by Gasteiger charge is -2.12. The molecule has 0 aliphatic heterocycles. The zero-order valence-corrected chi connectivity index (χ0v) is 13.1. The molecule has 0 saturated carbocycles. The van der Waals surface area contributed by atoms with Crippen LogP contribution in [0.15, 0.2) is 53.4 Å². The van der Waals surface area contributed by atoms with Crippen molar-refractivity contribution in [3.63, 3.8) is 0 Å². The molecular weight excluding hydrogens is 300 g/mol. The normalized spacial score (nSPS) is 13.4. The van der Waals surface area contributed by atoms with Crippen LogP contribution in [0, 0.1) is 6.92 Å². The Hall–Kier alpha value is -2.18. The number of hydrogen-bond donors (Lipinski definition) is 1. The third kappa shape index (κ3) is 2.30. The van der Waals surface area contributed by atoms with E-state index in [0.29, 0.717) is 11.0 Å². The van der Waals surface area contributed by atoms with E-state index in [-0.39, 0.29) is 10.7 Å². The number of nitrogens with zero attached hydrogens (tertiary/aromatic N) is 2. The molecule has 1 N–H and O–H groups in total.